The van der Waals surface area contributed by atoms with Crippen LogP contribution in [-0.4, -0.2) is 58.9 Å². The highest BCUT2D eigenvalue weighted by Gasteiger charge is 2.17. The van der Waals surface area contributed by atoms with E-state index in [2.05, 4.69) is 25.2 Å². The Hall–Kier alpha value is -2.12. The van der Waals surface area contributed by atoms with Gasteiger partial charge < -0.3 is 10.2 Å². The highest BCUT2D eigenvalue weighted by molar-refractivity contribution is 6.32. The Balaban J connectivity index is 1.46. The van der Waals surface area contributed by atoms with Crippen LogP contribution in [0.4, 0.5) is 11.5 Å². The summed E-state index contributed by atoms with van der Waals surface area (Å²) in [4.78, 5) is 20.8. The van der Waals surface area contributed by atoms with Gasteiger partial charge in [-0.05, 0) is 12.1 Å². The van der Waals surface area contributed by atoms with Crippen molar-refractivity contribution in [2.45, 2.75) is 0 Å². The molecule has 8 heteroatoms. The summed E-state index contributed by atoms with van der Waals surface area (Å²) in [5.74, 6) is 1.04. The molecule has 0 bridgehead atoms. The van der Waals surface area contributed by atoms with E-state index in [9.17, 15) is 4.79 Å². The van der Waals surface area contributed by atoms with Gasteiger partial charge in [0.25, 0.3) is 5.56 Å². The van der Waals surface area contributed by atoms with Gasteiger partial charge in [0.1, 0.15) is 10.8 Å². The highest BCUT2D eigenvalue weighted by atomic mass is 35.5. The normalized spacial score (nSPS) is 15.5. The standard InChI is InChI=1S/C16H21ClN6O/c1-21-16(24)15(17)13(12-20-21)18-6-7-22-8-10-23(11-9-22)14-4-2-3-5-19-14/h2-5,12,18H,6-11H2,1H3. The van der Waals surface area contributed by atoms with Crippen LogP contribution in [0.3, 0.4) is 0 Å². The largest absolute Gasteiger partial charge is 0.381 e. The summed E-state index contributed by atoms with van der Waals surface area (Å²) in [6.45, 7) is 5.51. The smallest absolute Gasteiger partial charge is 0.287 e. The quantitative estimate of drug-likeness (QED) is 0.871. The van der Waals surface area contributed by atoms with Gasteiger partial charge in [0, 0.05) is 52.5 Å². The van der Waals surface area contributed by atoms with Crippen molar-refractivity contribution in [3.63, 3.8) is 0 Å². The van der Waals surface area contributed by atoms with Crippen LogP contribution in [0.5, 0.6) is 0 Å². The lowest BCUT2D eigenvalue weighted by molar-refractivity contribution is 0.266. The van der Waals surface area contributed by atoms with E-state index in [-0.39, 0.29) is 10.6 Å². The minimum Gasteiger partial charge on any atom is -0.381 e. The number of rotatable bonds is 5. The molecule has 0 amide bonds. The lowest BCUT2D eigenvalue weighted by atomic mass is 10.3. The van der Waals surface area contributed by atoms with Crippen molar-refractivity contribution < 1.29 is 0 Å². The Morgan fingerprint density at radius 3 is 2.75 bits per heavy atom. The molecule has 3 heterocycles. The molecule has 7 nitrogen and oxygen atoms in total. The van der Waals surface area contributed by atoms with E-state index >= 15 is 0 Å². The molecule has 0 aromatic carbocycles. The van der Waals surface area contributed by atoms with Crippen LogP contribution in [-0.2, 0) is 7.05 Å². The number of nitrogens with one attached hydrogen (secondary N) is 1. The Labute approximate surface area is 145 Å². The summed E-state index contributed by atoms with van der Waals surface area (Å²) in [6, 6.07) is 5.99. The van der Waals surface area contributed by atoms with Gasteiger partial charge in [-0.3, -0.25) is 9.69 Å². The van der Waals surface area contributed by atoms with Gasteiger partial charge in [-0.25, -0.2) is 9.67 Å². The van der Waals surface area contributed by atoms with Crippen molar-refractivity contribution in [3.05, 3.63) is 46.0 Å². The molecular formula is C16H21ClN6O. The fourth-order valence-corrected chi connectivity index (χ4v) is 2.96. The predicted molar refractivity (Wildman–Crippen MR) is 95.9 cm³/mol. The number of aromatic nitrogens is 3. The zero-order valence-electron chi connectivity index (χ0n) is 13.7. The van der Waals surface area contributed by atoms with Crippen molar-refractivity contribution in [1.29, 1.82) is 0 Å². The predicted octanol–water partition coefficient (Wildman–Crippen LogP) is 1.06. The van der Waals surface area contributed by atoms with Gasteiger partial charge in [-0.15, -0.1) is 0 Å². The number of hydrogen-bond donors (Lipinski definition) is 1. The Morgan fingerprint density at radius 2 is 2.04 bits per heavy atom. The van der Waals surface area contributed by atoms with E-state index in [0.717, 1.165) is 45.1 Å². The molecule has 1 N–H and O–H groups in total. The van der Waals surface area contributed by atoms with E-state index in [1.807, 2.05) is 24.4 Å². The lowest BCUT2D eigenvalue weighted by Crippen LogP contribution is -2.47. The van der Waals surface area contributed by atoms with Crippen LogP contribution >= 0.6 is 11.6 Å². The summed E-state index contributed by atoms with van der Waals surface area (Å²) >= 11 is 6.04. The first-order valence-electron chi connectivity index (χ1n) is 7.99. The highest BCUT2D eigenvalue weighted by Crippen LogP contribution is 2.15. The fourth-order valence-electron chi connectivity index (χ4n) is 2.72. The molecule has 0 spiro atoms. The first-order valence-corrected chi connectivity index (χ1v) is 8.37. The van der Waals surface area contributed by atoms with Gasteiger partial charge >= 0.3 is 0 Å². The second-order valence-corrected chi connectivity index (χ2v) is 6.12. The molecule has 2 aromatic heterocycles. The Kier molecular flexibility index (Phi) is 5.32. The van der Waals surface area contributed by atoms with Crippen molar-refractivity contribution in [2.75, 3.05) is 49.5 Å². The minimum absolute atomic E-state index is 0.187. The molecule has 0 aliphatic carbocycles. The number of hydrogen-bond acceptors (Lipinski definition) is 6. The summed E-state index contributed by atoms with van der Waals surface area (Å²) in [5, 5.41) is 7.36. The van der Waals surface area contributed by atoms with Crippen molar-refractivity contribution in [3.8, 4) is 0 Å². The number of pyridine rings is 1. The molecule has 0 saturated carbocycles. The third-order valence-corrected chi connectivity index (χ3v) is 4.53. The van der Waals surface area contributed by atoms with Gasteiger partial charge in [0.2, 0.25) is 0 Å². The molecule has 2 aromatic rings. The van der Waals surface area contributed by atoms with Crippen molar-refractivity contribution in [2.24, 2.45) is 7.05 Å². The molecule has 1 aliphatic rings. The van der Waals surface area contributed by atoms with E-state index in [1.165, 1.54) is 4.68 Å². The SMILES string of the molecule is Cn1ncc(NCCN2CCN(c3ccccn3)CC2)c(Cl)c1=O. The van der Waals surface area contributed by atoms with E-state index < -0.39 is 0 Å². The fraction of sp³-hybridized carbons (Fsp3) is 0.438. The Bertz CT molecular complexity index is 727. The van der Waals surface area contributed by atoms with E-state index in [4.69, 9.17) is 11.6 Å². The van der Waals surface area contributed by atoms with Gasteiger partial charge in [0.05, 0.1) is 11.9 Å². The molecule has 0 unspecified atom stereocenters. The van der Waals surface area contributed by atoms with E-state index in [0.29, 0.717) is 5.69 Å². The molecule has 3 rings (SSSR count). The summed E-state index contributed by atoms with van der Waals surface area (Å²) < 4.78 is 1.23. The first kappa shape index (κ1) is 16.7. The molecule has 24 heavy (non-hydrogen) atoms. The van der Waals surface area contributed by atoms with Gasteiger partial charge in [0.15, 0.2) is 0 Å². The first-order chi connectivity index (χ1) is 11.6. The molecule has 128 valence electrons. The molecule has 1 saturated heterocycles. The summed E-state index contributed by atoms with van der Waals surface area (Å²) in [6.07, 6.45) is 3.41. The molecule has 1 fully saturated rings. The van der Waals surface area contributed by atoms with Crippen LogP contribution in [0.2, 0.25) is 5.02 Å². The lowest BCUT2D eigenvalue weighted by Gasteiger charge is -2.35. The zero-order chi connectivity index (χ0) is 16.9. The van der Waals surface area contributed by atoms with Crippen LogP contribution < -0.4 is 15.8 Å². The van der Waals surface area contributed by atoms with Crippen LogP contribution in [0.1, 0.15) is 0 Å². The summed E-state index contributed by atoms with van der Waals surface area (Å²) in [7, 11) is 1.58. The maximum atomic E-state index is 11.7. The second kappa shape index (κ2) is 7.63. The zero-order valence-corrected chi connectivity index (χ0v) is 14.4. The van der Waals surface area contributed by atoms with Crippen molar-refractivity contribution >= 4 is 23.1 Å². The third kappa shape index (κ3) is 3.85. The van der Waals surface area contributed by atoms with Crippen molar-refractivity contribution in [1.82, 2.24) is 19.7 Å². The number of nitrogens with zero attached hydrogens (tertiary/aromatic N) is 5. The van der Waals surface area contributed by atoms with Gasteiger partial charge in [-0.2, -0.15) is 5.10 Å². The number of aryl methyl sites for hydroxylation is 1. The average Bonchev–Trinajstić information content (AvgIpc) is 2.63. The second-order valence-electron chi connectivity index (χ2n) is 5.74. The number of anilines is 2. The average molecular weight is 349 g/mol. The maximum Gasteiger partial charge on any atom is 0.287 e. The minimum atomic E-state index is -0.286. The monoisotopic (exact) mass is 348 g/mol. The van der Waals surface area contributed by atoms with Gasteiger partial charge in [-0.1, -0.05) is 17.7 Å². The topological polar surface area (TPSA) is 66.3 Å². The molecule has 0 radical (unpaired) electrons. The molecule has 1 aliphatic heterocycles. The summed E-state index contributed by atoms with van der Waals surface area (Å²) in [5.41, 5.74) is 0.303. The number of piperazine rings is 1. The van der Waals surface area contributed by atoms with Crippen LogP contribution in [0.25, 0.3) is 0 Å². The maximum absolute atomic E-state index is 11.7. The third-order valence-electron chi connectivity index (χ3n) is 4.17. The molecule has 0 atom stereocenters. The Morgan fingerprint density at radius 1 is 1.25 bits per heavy atom. The van der Waals surface area contributed by atoms with Crippen LogP contribution in [0.15, 0.2) is 35.4 Å². The number of halogens is 1. The molecular weight excluding hydrogens is 328 g/mol. The van der Waals surface area contributed by atoms with Crippen LogP contribution in [0, 0.1) is 0 Å². The van der Waals surface area contributed by atoms with E-state index in [1.54, 1.807) is 13.2 Å².